The lowest BCUT2D eigenvalue weighted by molar-refractivity contribution is -0.142. The Morgan fingerprint density at radius 2 is 2.00 bits per heavy atom. The first-order chi connectivity index (χ1) is 15.5. The molecule has 32 heavy (non-hydrogen) atoms. The second kappa shape index (κ2) is 8.62. The van der Waals surface area contributed by atoms with Crippen LogP contribution in [0.2, 0.25) is 0 Å². The Hall–Kier alpha value is -2.20. The molecule has 5 rings (SSSR count). The molecule has 3 heterocycles. The molecule has 0 bridgehead atoms. The largest absolute Gasteiger partial charge is 0.339 e. The molecular formula is C28H37N3O. The van der Waals surface area contributed by atoms with Gasteiger partial charge in [0.05, 0.1) is 5.92 Å². The zero-order chi connectivity index (χ0) is 22.3. The van der Waals surface area contributed by atoms with Crippen LogP contribution in [0.5, 0.6) is 0 Å². The fourth-order valence-electron chi connectivity index (χ4n) is 6.72. The maximum atomic E-state index is 14.2. The van der Waals surface area contributed by atoms with Crippen molar-refractivity contribution in [3.63, 3.8) is 0 Å². The van der Waals surface area contributed by atoms with Crippen molar-refractivity contribution >= 4 is 5.91 Å². The van der Waals surface area contributed by atoms with E-state index in [0.717, 1.165) is 57.4 Å². The molecule has 2 aromatic rings. The van der Waals surface area contributed by atoms with Gasteiger partial charge in [0, 0.05) is 42.5 Å². The Morgan fingerprint density at radius 3 is 2.78 bits per heavy atom. The summed E-state index contributed by atoms with van der Waals surface area (Å²) in [4.78, 5) is 21.3. The normalized spacial score (nSPS) is 30.0. The van der Waals surface area contributed by atoms with Crippen molar-refractivity contribution in [2.75, 3.05) is 19.6 Å². The second-order valence-electron chi connectivity index (χ2n) is 10.6. The summed E-state index contributed by atoms with van der Waals surface area (Å²) in [7, 11) is 0. The zero-order valence-corrected chi connectivity index (χ0v) is 19.8. The van der Waals surface area contributed by atoms with Gasteiger partial charge in [-0.2, -0.15) is 0 Å². The first kappa shape index (κ1) is 21.6. The third kappa shape index (κ3) is 3.67. The van der Waals surface area contributed by atoms with Gasteiger partial charge in [-0.25, -0.2) is 0 Å². The lowest BCUT2D eigenvalue weighted by Crippen LogP contribution is -2.54. The average molecular weight is 432 g/mol. The minimum atomic E-state index is -0.0941. The Balaban J connectivity index is 1.42. The van der Waals surface area contributed by atoms with Crippen LogP contribution in [0, 0.1) is 18.8 Å². The van der Waals surface area contributed by atoms with Crippen LogP contribution in [0.4, 0.5) is 0 Å². The van der Waals surface area contributed by atoms with Crippen LogP contribution in [0.3, 0.4) is 0 Å². The third-order valence-electron chi connectivity index (χ3n) is 8.41. The van der Waals surface area contributed by atoms with E-state index in [9.17, 15) is 4.79 Å². The standard InChI is InChI=1S/C28H37N3O/c1-19(2)26-16-22(21-8-5-4-6-9-21)13-15-31(26)27(32)24-17-29-18-28(24)14-7-10-25-23(28)12-11-20(3)30-25/h4-6,8-9,11-12,19,22,24,26,29H,7,10,13-18H2,1-3H3. The number of benzene rings is 1. The van der Waals surface area contributed by atoms with Gasteiger partial charge in [-0.3, -0.25) is 9.78 Å². The molecule has 1 aliphatic carbocycles. The maximum absolute atomic E-state index is 14.2. The Labute approximate surface area is 192 Å². The highest BCUT2D eigenvalue weighted by Crippen LogP contribution is 2.46. The molecule has 0 saturated carbocycles. The van der Waals surface area contributed by atoms with Crippen molar-refractivity contribution < 1.29 is 4.79 Å². The lowest BCUT2D eigenvalue weighted by Gasteiger charge is -2.46. The Morgan fingerprint density at radius 1 is 1.19 bits per heavy atom. The van der Waals surface area contributed by atoms with E-state index in [1.807, 2.05) is 0 Å². The predicted octanol–water partition coefficient (Wildman–Crippen LogP) is 4.61. The van der Waals surface area contributed by atoms with Crippen molar-refractivity contribution in [3.05, 3.63) is 65.0 Å². The summed E-state index contributed by atoms with van der Waals surface area (Å²) in [6.07, 6.45) is 5.37. The molecular weight excluding hydrogens is 394 g/mol. The zero-order valence-electron chi connectivity index (χ0n) is 19.8. The number of likely N-dealkylation sites (tertiary alicyclic amines) is 1. The van der Waals surface area contributed by atoms with E-state index in [4.69, 9.17) is 4.98 Å². The molecule has 1 aromatic carbocycles. The van der Waals surface area contributed by atoms with Crippen LogP contribution in [-0.4, -0.2) is 41.5 Å². The number of hydrogen-bond donors (Lipinski definition) is 1. The molecule has 2 aliphatic heterocycles. The molecule has 2 fully saturated rings. The van der Waals surface area contributed by atoms with Crippen LogP contribution in [-0.2, 0) is 16.6 Å². The van der Waals surface area contributed by atoms with Crippen molar-refractivity contribution in [1.82, 2.24) is 15.2 Å². The number of amides is 1. The van der Waals surface area contributed by atoms with E-state index < -0.39 is 0 Å². The SMILES string of the molecule is Cc1ccc2c(n1)CCCC21CNCC1C(=O)N1CCC(c2ccccc2)CC1C(C)C. The number of rotatable bonds is 3. The number of pyridine rings is 1. The molecule has 1 aromatic heterocycles. The van der Waals surface area contributed by atoms with Crippen LogP contribution in [0.15, 0.2) is 42.5 Å². The number of hydrogen-bond acceptors (Lipinski definition) is 3. The van der Waals surface area contributed by atoms with E-state index in [0.29, 0.717) is 23.8 Å². The maximum Gasteiger partial charge on any atom is 0.228 e. The summed E-state index contributed by atoms with van der Waals surface area (Å²) >= 11 is 0. The van der Waals surface area contributed by atoms with Gasteiger partial charge >= 0.3 is 0 Å². The summed E-state index contributed by atoms with van der Waals surface area (Å²) in [6.45, 7) is 9.19. The highest BCUT2D eigenvalue weighted by Gasteiger charge is 2.52. The summed E-state index contributed by atoms with van der Waals surface area (Å²) in [6, 6.07) is 15.6. The van der Waals surface area contributed by atoms with Gasteiger partial charge in [0.2, 0.25) is 5.91 Å². The smallest absolute Gasteiger partial charge is 0.228 e. The number of aryl methyl sites for hydroxylation is 2. The predicted molar refractivity (Wildman–Crippen MR) is 129 cm³/mol. The van der Waals surface area contributed by atoms with Gasteiger partial charge in [0.15, 0.2) is 0 Å². The van der Waals surface area contributed by atoms with Gasteiger partial charge < -0.3 is 10.2 Å². The topological polar surface area (TPSA) is 45.2 Å². The number of nitrogens with one attached hydrogen (secondary N) is 1. The summed E-state index contributed by atoms with van der Waals surface area (Å²) in [5, 5.41) is 3.61. The molecule has 4 unspecified atom stereocenters. The van der Waals surface area contributed by atoms with Crippen LogP contribution < -0.4 is 5.32 Å². The average Bonchev–Trinajstić information content (AvgIpc) is 3.22. The first-order valence-electron chi connectivity index (χ1n) is 12.5. The molecule has 1 spiro atoms. The van der Waals surface area contributed by atoms with Crippen molar-refractivity contribution in [1.29, 1.82) is 0 Å². The van der Waals surface area contributed by atoms with Crippen molar-refractivity contribution in [3.8, 4) is 0 Å². The first-order valence-corrected chi connectivity index (χ1v) is 12.5. The van der Waals surface area contributed by atoms with E-state index >= 15 is 0 Å². The van der Waals surface area contributed by atoms with Crippen molar-refractivity contribution in [2.24, 2.45) is 11.8 Å². The minimum Gasteiger partial charge on any atom is -0.339 e. The van der Waals surface area contributed by atoms with Gasteiger partial charge in [-0.05, 0) is 68.1 Å². The van der Waals surface area contributed by atoms with E-state index in [2.05, 4.69) is 73.5 Å². The van der Waals surface area contributed by atoms with E-state index in [1.165, 1.54) is 16.8 Å². The van der Waals surface area contributed by atoms with Gasteiger partial charge in [0.1, 0.15) is 0 Å². The summed E-state index contributed by atoms with van der Waals surface area (Å²) in [5.41, 5.74) is 4.96. The van der Waals surface area contributed by atoms with Crippen LogP contribution >= 0.6 is 0 Å². The summed E-state index contributed by atoms with van der Waals surface area (Å²) in [5.74, 6) is 1.39. The molecule has 170 valence electrons. The quantitative estimate of drug-likeness (QED) is 0.772. The molecule has 1 N–H and O–H groups in total. The van der Waals surface area contributed by atoms with Gasteiger partial charge in [-0.15, -0.1) is 0 Å². The third-order valence-corrected chi connectivity index (χ3v) is 8.41. The van der Waals surface area contributed by atoms with Gasteiger partial charge in [-0.1, -0.05) is 50.2 Å². The number of nitrogens with zero attached hydrogens (tertiary/aromatic N) is 2. The number of aromatic nitrogens is 1. The summed E-state index contributed by atoms with van der Waals surface area (Å²) < 4.78 is 0. The van der Waals surface area contributed by atoms with E-state index in [1.54, 1.807) is 0 Å². The fraction of sp³-hybridized carbons (Fsp3) is 0.571. The highest BCUT2D eigenvalue weighted by molar-refractivity contribution is 5.82. The Bertz CT molecular complexity index is 972. The number of piperidine rings is 1. The molecule has 3 aliphatic rings. The molecule has 4 atom stereocenters. The van der Waals surface area contributed by atoms with Crippen LogP contribution in [0.1, 0.15) is 68.0 Å². The monoisotopic (exact) mass is 431 g/mol. The van der Waals surface area contributed by atoms with Crippen LogP contribution in [0.25, 0.3) is 0 Å². The number of carbonyl (C=O) groups is 1. The highest BCUT2D eigenvalue weighted by atomic mass is 16.2. The number of fused-ring (bicyclic) bond motifs is 2. The minimum absolute atomic E-state index is 0.0144. The number of carbonyl (C=O) groups excluding carboxylic acids is 1. The molecule has 4 nitrogen and oxygen atoms in total. The molecule has 2 saturated heterocycles. The fourth-order valence-corrected chi connectivity index (χ4v) is 6.72. The second-order valence-corrected chi connectivity index (χ2v) is 10.6. The van der Waals surface area contributed by atoms with Gasteiger partial charge in [0.25, 0.3) is 0 Å². The Kier molecular flexibility index (Phi) is 5.83. The lowest BCUT2D eigenvalue weighted by atomic mass is 9.65. The molecule has 1 amide bonds. The molecule has 4 heteroatoms. The van der Waals surface area contributed by atoms with E-state index in [-0.39, 0.29) is 11.3 Å². The van der Waals surface area contributed by atoms with Crippen molar-refractivity contribution in [2.45, 2.75) is 70.3 Å². The molecule has 0 radical (unpaired) electrons.